The summed E-state index contributed by atoms with van der Waals surface area (Å²) in [6.45, 7) is 4.06. The molecule has 2 nitrogen and oxygen atoms in total. The van der Waals surface area contributed by atoms with Crippen molar-refractivity contribution < 1.29 is 4.79 Å². The quantitative estimate of drug-likeness (QED) is 0.766. The van der Waals surface area contributed by atoms with Gasteiger partial charge in [-0.1, -0.05) is 37.3 Å². The number of aromatic nitrogens is 1. The Morgan fingerprint density at radius 3 is 2.67 bits per heavy atom. The van der Waals surface area contributed by atoms with E-state index in [1.54, 1.807) is 6.20 Å². The molecule has 0 spiro atoms. The van der Waals surface area contributed by atoms with Gasteiger partial charge in [-0.2, -0.15) is 0 Å². The fraction of sp³-hybridized carbons (Fsp3) is 0.250. The smallest absolute Gasteiger partial charge is 0.169 e. The number of carbonyl (C=O) groups is 1. The predicted octanol–water partition coefficient (Wildman–Crippen LogP) is 3.38. The van der Waals surface area contributed by atoms with Crippen LogP contribution < -0.4 is 0 Å². The topological polar surface area (TPSA) is 30.0 Å². The van der Waals surface area contributed by atoms with Crippen LogP contribution >= 0.6 is 0 Å². The number of hydrogen-bond donors (Lipinski definition) is 0. The Morgan fingerprint density at radius 1 is 1.17 bits per heavy atom. The number of pyridine rings is 1. The molecule has 2 rings (SSSR count). The van der Waals surface area contributed by atoms with Crippen LogP contribution in [0.3, 0.4) is 0 Å². The zero-order valence-electron chi connectivity index (χ0n) is 10.8. The molecule has 0 fully saturated rings. The van der Waals surface area contributed by atoms with Gasteiger partial charge in [0.05, 0.1) is 12.1 Å². The van der Waals surface area contributed by atoms with Gasteiger partial charge in [-0.15, -0.1) is 0 Å². The van der Waals surface area contributed by atoms with Gasteiger partial charge in [-0.05, 0) is 30.5 Å². The highest BCUT2D eigenvalue weighted by Crippen LogP contribution is 2.14. The van der Waals surface area contributed by atoms with E-state index in [1.165, 1.54) is 0 Å². The van der Waals surface area contributed by atoms with Gasteiger partial charge < -0.3 is 0 Å². The van der Waals surface area contributed by atoms with Crippen molar-refractivity contribution in [2.24, 2.45) is 0 Å². The summed E-state index contributed by atoms with van der Waals surface area (Å²) in [5, 5.41) is 0. The summed E-state index contributed by atoms with van der Waals surface area (Å²) in [4.78, 5) is 16.6. The van der Waals surface area contributed by atoms with Crippen molar-refractivity contribution in [3.8, 4) is 0 Å². The average Bonchev–Trinajstić information content (AvgIpc) is 2.41. The number of nitrogens with zero attached hydrogens (tertiary/aromatic N) is 1. The van der Waals surface area contributed by atoms with E-state index >= 15 is 0 Å². The fourth-order valence-electron chi connectivity index (χ4n) is 2.05. The maximum absolute atomic E-state index is 12.3. The Morgan fingerprint density at radius 2 is 1.94 bits per heavy atom. The molecule has 0 radical (unpaired) electrons. The van der Waals surface area contributed by atoms with E-state index in [2.05, 4.69) is 11.9 Å². The Balaban J connectivity index is 2.25. The number of rotatable bonds is 4. The Kier molecular flexibility index (Phi) is 3.88. The molecule has 0 aliphatic rings. The molecule has 0 aliphatic heterocycles. The summed E-state index contributed by atoms with van der Waals surface area (Å²) in [5.41, 5.74) is 3.87. The lowest BCUT2D eigenvalue weighted by molar-refractivity contribution is 0.0991. The normalized spacial score (nSPS) is 10.3. The fourth-order valence-corrected chi connectivity index (χ4v) is 2.05. The molecule has 1 aromatic carbocycles. The SMILES string of the molecule is CCc1ccccc1C(=O)Cc1ncccc1C. The molecule has 1 aromatic heterocycles. The van der Waals surface area contributed by atoms with Crippen molar-refractivity contribution in [3.05, 3.63) is 65.0 Å². The molecular formula is C16H17NO. The number of aryl methyl sites for hydroxylation is 2. The first kappa shape index (κ1) is 12.5. The molecule has 2 aromatic rings. The summed E-state index contributed by atoms with van der Waals surface area (Å²) in [7, 11) is 0. The molecule has 0 saturated carbocycles. The van der Waals surface area contributed by atoms with Crippen molar-refractivity contribution in [1.82, 2.24) is 4.98 Å². The number of carbonyl (C=O) groups excluding carboxylic acids is 1. The van der Waals surface area contributed by atoms with Crippen LogP contribution in [0.2, 0.25) is 0 Å². The first-order valence-corrected chi connectivity index (χ1v) is 6.24. The molecule has 0 atom stereocenters. The summed E-state index contributed by atoms with van der Waals surface area (Å²) >= 11 is 0. The molecule has 0 unspecified atom stereocenters. The first-order valence-electron chi connectivity index (χ1n) is 6.24. The minimum Gasteiger partial charge on any atom is -0.294 e. The van der Waals surface area contributed by atoms with Gasteiger partial charge in [0.15, 0.2) is 5.78 Å². The van der Waals surface area contributed by atoms with E-state index in [-0.39, 0.29) is 5.78 Å². The third kappa shape index (κ3) is 2.65. The third-order valence-corrected chi connectivity index (χ3v) is 3.14. The lowest BCUT2D eigenvalue weighted by atomic mass is 9.98. The van der Waals surface area contributed by atoms with Crippen LogP contribution in [0.25, 0.3) is 0 Å². The lowest BCUT2D eigenvalue weighted by Crippen LogP contribution is -2.09. The van der Waals surface area contributed by atoms with Crippen molar-refractivity contribution in [1.29, 1.82) is 0 Å². The molecule has 1 heterocycles. The van der Waals surface area contributed by atoms with Gasteiger partial charge >= 0.3 is 0 Å². The van der Waals surface area contributed by atoms with Gasteiger partial charge in [0.1, 0.15) is 0 Å². The van der Waals surface area contributed by atoms with Gasteiger partial charge in [0, 0.05) is 11.8 Å². The van der Waals surface area contributed by atoms with E-state index in [1.807, 2.05) is 43.3 Å². The van der Waals surface area contributed by atoms with Crippen LogP contribution in [0.4, 0.5) is 0 Å². The van der Waals surface area contributed by atoms with E-state index in [0.29, 0.717) is 6.42 Å². The third-order valence-electron chi connectivity index (χ3n) is 3.14. The van der Waals surface area contributed by atoms with Crippen LogP contribution in [0.1, 0.15) is 34.1 Å². The summed E-state index contributed by atoms with van der Waals surface area (Å²) in [6.07, 6.45) is 2.99. The first-order chi connectivity index (χ1) is 8.72. The highest BCUT2D eigenvalue weighted by molar-refractivity contribution is 5.98. The van der Waals surface area contributed by atoms with E-state index in [0.717, 1.165) is 28.8 Å². The van der Waals surface area contributed by atoms with Crippen LogP contribution in [-0.4, -0.2) is 10.8 Å². The number of ketones is 1. The average molecular weight is 239 g/mol. The maximum atomic E-state index is 12.3. The molecule has 0 aliphatic carbocycles. The van der Waals surface area contributed by atoms with Gasteiger partial charge in [-0.25, -0.2) is 0 Å². The van der Waals surface area contributed by atoms with Crippen molar-refractivity contribution >= 4 is 5.78 Å². The van der Waals surface area contributed by atoms with E-state index in [9.17, 15) is 4.79 Å². The zero-order chi connectivity index (χ0) is 13.0. The van der Waals surface area contributed by atoms with Crippen LogP contribution in [0.5, 0.6) is 0 Å². The molecule has 18 heavy (non-hydrogen) atoms. The Labute approximate surface area is 108 Å². The zero-order valence-corrected chi connectivity index (χ0v) is 10.8. The van der Waals surface area contributed by atoms with E-state index < -0.39 is 0 Å². The standard InChI is InChI=1S/C16H17NO/c1-3-13-8-4-5-9-14(13)16(18)11-15-12(2)7-6-10-17-15/h4-10H,3,11H2,1-2H3. The van der Waals surface area contributed by atoms with Gasteiger partial charge in [0.2, 0.25) is 0 Å². The van der Waals surface area contributed by atoms with Crippen LogP contribution in [0, 0.1) is 6.92 Å². The predicted molar refractivity (Wildman–Crippen MR) is 72.8 cm³/mol. The summed E-state index contributed by atoms with van der Waals surface area (Å²) in [6, 6.07) is 11.7. The molecule has 0 saturated heterocycles. The molecule has 0 bridgehead atoms. The molecule has 92 valence electrons. The van der Waals surface area contributed by atoms with Crippen molar-refractivity contribution in [3.63, 3.8) is 0 Å². The van der Waals surface area contributed by atoms with E-state index in [4.69, 9.17) is 0 Å². The minimum absolute atomic E-state index is 0.147. The highest BCUT2D eigenvalue weighted by Gasteiger charge is 2.12. The number of Topliss-reactive ketones (excluding diaryl/α,β-unsaturated/α-hetero) is 1. The number of benzene rings is 1. The number of hydrogen-bond acceptors (Lipinski definition) is 2. The summed E-state index contributed by atoms with van der Waals surface area (Å²) < 4.78 is 0. The van der Waals surface area contributed by atoms with Crippen LogP contribution in [-0.2, 0) is 12.8 Å². The monoisotopic (exact) mass is 239 g/mol. The van der Waals surface area contributed by atoms with Gasteiger partial charge in [-0.3, -0.25) is 9.78 Å². The molecule has 0 N–H and O–H groups in total. The lowest BCUT2D eigenvalue weighted by Gasteiger charge is -2.07. The van der Waals surface area contributed by atoms with Crippen molar-refractivity contribution in [2.75, 3.05) is 0 Å². The van der Waals surface area contributed by atoms with Crippen molar-refractivity contribution in [2.45, 2.75) is 26.7 Å². The second-order valence-electron chi connectivity index (χ2n) is 4.38. The molecular weight excluding hydrogens is 222 g/mol. The summed E-state index contributed by atoms with van der Waals surface area (Å²) in [5.74, 6) is 0.147. The molecule has 0 amide bonds. The second kappa shape index (κ2) is 5.58. The minimum atomic E-state index is 0.147. The Hall–Kier alpha value is -1.96. The Bertz CT molecular complexity index is 561. The maximum Gasteiger partial charge on any atom is 0.169 e. The second-order valence-corrected chi connectivity index (χ2v) is 4.38. The highest BCUT2D eigenvalue weighted by atomic mass is 16.1. The largest absolute Gasteiger partial charge is 0.294 e. The van der Waals surface area contributed by atoms with Crippen LogP contribution in [0.15, 0.2) is 42.6 Å². The molecule has 2 heteroatoms. The van der Waals surface area contributed by atoms with Gasteiger partial charge in [0.25, 0.3) is 0 Å².